The number of aromatic nitrogens is 3. The van der Waals surface area contributed by atoms with Crippen LogP contribution >= 0.6 is 0 Å². The standard InChI is InChI=1S/C17H23F2N5O3S/c1-13(22-5-7-24(8-6-22)28(2,26)27)17(25,10-23-12-20-11-21-23)15-4-3-14(18)9-16(15)19/h3-4,9,11-13,25H,5-8,10H2,1-2H3/t13-,17-/m1/s1. The van der Waals surface area contributed by atoms with Crippen molar-refractivity contribution in [2.24, 2.45) is 0 Å². The van der Waals surface area contributed by atoms with Gasteiger partial charge in [0.1, 0.15) is 29.9 Å². The highest BCUT2D eigenvalue weighted by Crippen LogP contribution is 2.33. The van der Waals surface area contributed by atoms with Crippen LogP contribution in [0.25, 0.3) is 0 Å². The summed E-state index contributed by atoms with van der Waals surface area (Å²) in [6, 6.07) is 2.46. The number of halogens is 2. The number of piperazine rings is 1. The first-order valence-electron chi connectivity index (χ1n) is 8.81. The number of aliphatic hydroxyl groups is 1. The second-order valence-electron chi connectivity index (χ2n) is 7.02. The van der Waals surface area contributed by atoms with E-state index in [0.29, 0.717) is 13.1 Å². The average Bonchev–Trinajstić information content (AvgIpc) is 3.13. The Labute approximate surface area is 162 Å². The lowest BCUT2D eigenvalue weighted by atomic mass is 9.85. The Morgan fingerprint density at radius 3 is 2.46 bits per heavy atom. The van der Waals surface area contributed by atoms with Crippen molar-refractivity contribution in [2.75, 3.05) is 32.4 Å². The molecule has 1 fully saturated rings. The molecule has 1 aromatic carbocycles. The Hall–Kier alpha value is -1.95. The summed E-state index contributed by atoms with van der Waals surface area (Å²) in [7, 11) is -3.30. The van der Waals surface area contributed by atoms with Gasteiger partial charge in [0.2, 0.25) is 10.0 Å². The first-order valence-corrected chi connectivity index (χ1v) is 10.7. The molecule has 0 saturated carbocycles. The van der Waals surface area contributed by atoms with Crippen LogP contribution in [0.15, 0.2) is 30.9 Å². The molecule has 1 aliphatic heterocycles. The van der Waals surface area contributed by atoms with Gasteiger partial charge < -0.3 is 5.11 Å². The quantitative estimate of drug-likeness (QED) is 0.735. The van der Waals surface area contributed by atoms with E-state index in [1.54, 1.807) is 6.92 Å². The first-order chi connectivity index (χ1) is 13.1. The van der Waals surface area contributed by atoms with Gasteiger partial charge >= 0.3 is 0 Å². The molecule has 0 bridgehead atoms. The normalized spacial score (nSPS) is 20.0. The number of benzene rings is 1. The predicted octanol–water partition coefficient (Wildman–Crippen LogP) is 0.410. The van der Waals surface area contributed by atoms with Gasteiger partial charge in [0.05, 0.1) is 12.8 Å². The van der Waals surface area contributed by atoms with E-state index in [9.17, 15) is 22.3 Å². The lowest BCUT2D eigenvalue weighted by Crippen LogP contribution is -2.58. The minimum Gasteiger partial charge on any atom is -0.381 e. The summed E-state index contributed by atoms with van der Waals surface area (Å²) in [4.78, 5) is 5.74. The largest absolute Gasteiger partial charge is 0.381 e. The van der Waals surface area contributed by atoms with Gasteiger partial charge in [-0.25, -0.2) is 26.9 Å². The SMILES string of the molecule is C[C@@H](N1CCN(S(C)(=O)=O)CC1)[C@](O)(Cn1cncn1)c1ccc(F)cc1F. The molecule has 3 rings (SSSR count). The number of rotatable bonds is 6. The smallest absolute Gasteiger partial charge is 0.211 e. The zero-order valence-corrected chi connectivity index (χ0v) is 16.5. The molecule has 0 spiro atoms. The van der Waals surface area contributed by atoms with E-state index >= 15 is 0 Å². The Bertz CT molecular complexity index is 917. The van der Waals surface area contributed by atoms with Gasteiger partial charge in [0.25, 0.3) is 0 Å². The topological polar surface area (TPSA) is 91.6 Å². The summed E-state index contributed by atoms with van der Waals surface area (Å²) in [6.07, 6.45) is 3.86. The molecule has 1 aromatic heterocycles. The molecule has 0 aliphatic carbocycles. The summed E-state index contributed by atoms with van der Waals surface area (Å²) >= 11 is 0. The van der Waals surface area contributed by atoms with Crippen molar-refractivity contribution in [1.29, 1.82) is 0 Å². The number of nitrogens with zero attached hydrogens (tertiary/aromatic N) is 5. The highest BCUT2D eigenvalue weighted by Gasteiger charge is 2.43. The van der Waals surface area contributed by atoms with Crippen molar-refractivity contribution < 1.29 is 22.3 Å². The van der Waals surface area contributed by atoms with Gasteiger partial charge in [-0.3, -0.25) is 4.90 Å². The van der Waals surface area contributed by atoms with Crippen LogP contribution in [-0.2, 0) is 22.2 Å². The van der Waals surface area contributed by atoms with E-state index in [4.69, 9.17) is 0 Å². The molecular weight excluding hydrogens is 392 g/mol. The van der Waals surface area contributed by atoms with E-state index in [1.807, 2.05) is 4.90 Å². The van der Waals surface area contributed by atoms with Crippen LogP contribution in [0.3, 0.4) is 0 Å². The zero-order valence-electron chi connectivity index (χ0n) is 15.7. The van der Waals surface area contributed by atoms with Gasteiger partial charge in [0.15, 0.2) is 0 Å². The molecular formula is C17H23F2N5O3S. The number of sulfonamides is 1. The third kappa shape index (κ3) is 4.22. The fraction of sp³-hybridized carbons (Fsp3) is 0.529. The molecule has 1 aliphatic rings. The van der Waals surface area contributed by atoms with Crippen LogP contribution in [0.1, 0.15) is 12.5 Å². The molecule has 1 saturated heterocycles. The Morgan fingerprint density at radius 1 is 1.25 bits per heavy atom. The molecule has 154 valence electrons. The lowest BCUT2D eigenvalue weighted by molar-refractivity contribution is -0.0698. The van der Waals surface area contributed by atoms with Crippen molar-refractivity contribution in [1.82, 2.24) is 24.0 Å². The molecule has 0 unspecified atom stereocenters. The Morgan fingerprint density at radius 2 is 1.93 bits per heavy atom. The second kappa shape index (κ2) is 7.82. The number of hydrogen-bond acceptors (Lipinski definition) is 6. The molecule has 2 aromatic rings. The van der Waals surface area contributed by atoms with Gasteiger partial charge in [0, 0.05) is 43.9 Å². The minimum atomic E-state index is -3.30. The fourth-order valence-corrected chi connectivity index (χ4v) is 4.40. The molecule has 0 amide bonds. The zero-order chi connectivity index (χ0) is 20.5. The summed E-state index contributed by atoms with van der Waals surface area (Å²) < 4.78 is 54.2. The van der Waals surface area contributed by atoms with E-state index in [-0.39, 0.29) is 25.2 Å². The van der Waals surface area contributed by atoms with E-state index in [1.165, 1.54) is 27.7 Å². The molecule has 2 atom stereocenters. The maximum atomic E-state index is 14.6. The lowest BCUT2D eigenvalue weighted by Gasteiger charge is -2.44. The summed E-state index contributed by atoms with van der Waals surface area (Å²) in [5, 5.41) is 15.5. The van der Waals surface area contributed by atoms with Gasteiger partial charge in [-0.2, -0.15) is 9.40 Å². The highest BCUT2D eigenvalue weighted by molar-refractivity contribution is 7.88. The average molecular weight is 415 g/mol. The van der Waals surface area contributed by atoms with Crippen LogP contribution in [0.2, 0.25) is 0 Å². The second-order valence-corrected chi connectivity index (χ2v) is 9.00. The van der Waals surface area contributed by atoms with Crippen molar-refractivity contribution in [3.8, 4) is 0 Å². The highest BCUT2D eigenvalue weighted by atomic mass is 32.2. The third-order valence-electron chi connectivity index (χ3n) is 5.25. The van der Waals surface area contributed by atoms with Crippen LogP contribution in [0, 0.1) is 11.6 Å². The maximum absolute atomic E-state index is 14.6. The van der Waals surface area contributed by atoms with Crippen LogP contribution in [0.5, 0.6) is 0 Å². The maximum Gasteiger partial charge on any atom is 0.211 e. The molecule has 0 radical (unpaired) electrons. The van der Waals surface area contributed by atoms with Gasteiger partial charge in [-0.15, -0.1) is 0 Å². The van der Waals surface area contributed by atoms with E-state index in [2.05, 4.69) is 10.1 Å². The first kappa shape index (κ1) is 20.8. The van der Waals surface area contributed by atoms with Crippen LogP contribution < -0.4 is 0 Å². The van der Waals surface area contributed by atoms with E-state index < -0.39 is 33.3 Å². The minimum absolute atomic E-state index is 0.0533. The summed E-state index contributed by atoms with van der Waals surface area (Å²) in [5.74, 6) is -1.59. The molecule has 2 heterocycles. The van der Waals surface area contributed by atoms with Crippen LogP contribution in [-0.4, -0.2) is 76.0 Å². The molecule has 8 nitrogen and oxygen atoms in total. The van der Waals surface area contributed by atoms with Crippen molar-refractivity contribution in [3.05, 3.63) is 48.1 Å². The van der Waals surface area contributed by atoms with Crippen LogP contribution in [0.4, 0.5) is 8.78 Å². The molecule has 1 N–H and O–H groups in total. The van der Waals surface area contributed by atoms with E-state index in [0.717, 1.165) is 18.4 Å². The van der Waals surface area contributed by atoms with Crippen molar-refractivity contribution in [3.63, 3.8) is 0 Å². The van der Waals surface area contributed by atoms with Crippen molar-refractivity contribution >= 4 is 10.0 Å². The molecule has 11 heteroatoms. The predicted molar refractivity (Wildman–Crippen MR) is 97.7 cm³/mol. The number of hydrogen-bond donors (Lipinski definition) is 1. The fourth-order valence-electron chi connectivity index (χ4n) is 3.57. The molecule has 28 heavy (non-hydrogen) atoms. The monoisotopic (exact) mass is 415 g/mol. The summed E-state index contributed by atoms with van der Waals surface area (Å²) in [6.45, 7) is 2.93. The Kier molecular flexibility index (Phi) is 5.80. The van der Waals surface area contributed by atoms with Gasteiger partial charge in [-0.1, -0.05) is 6.07 Å². The van der Waals surface area contributed by atoms with Gasteiger partial charge in [-0.05, 0) is 13.0 Å². The summed E-state index contributed by atoms with van der Waals surface area (Å²) in [5.41, 5.74) is -1.79. The Balaban J connectivity index is 1.90. The third-order valence-corrected chi connectivity index (χ3v) is 6.55. The van der Waals surface area contributed by atoms with Crippen molar-refractivity contribution in [2.45, 2.75) is 25.1 Å².